The highest BCUT2D eigenvalue weighted by Gasteiger charge is 2.20. The summed E-state index contributed by atoms with van der Waals surface area (Å²) in [6.07, 6.45) is 2.05. The summed E-state index contributed by atoms with van der Waals surface area (Å²) in [4.78, 5) is 26.7. The lowest BCUT2D eigenvalue weighted by Crippen LogP contribution is -2.36. The van der Waals surface area contributed by atoms with Gasteiger partial charge in [0.1, 0.15) is 17.3 Å². The Hall–Kier alpha value is -2.63. The van der Waals surface area contributed by atoms with Crippen LogP contribution in [-0.2, 0) is 11.3 Å². The van der Waals surface area contributed by atoms with Gasteiger partial charge in [0, 0.05) is 26.1 Å². The lowest BCUT2D eigenvalue weighted by Gasteiger charge is -2.22. The molecule has 0 aliphatic carbocycles. The van der Waals surface area contributed by atoms with Gasteiger partial charge in [0.2, 0.25) is 5.91 Å². The van der Waals surface area contributed by atoms with E-state index in [0.717, 1.165) is 18.4 Å². The Balaban J connectivity index is 1.91. The summed E-state index contributed by atoms with van der Waals surface area (Å²) in [7, 11) is 0. The van der Waals surface area contributed by atoms with Crippen molar-refractivity contribution in [3.63, 3.8) is 0 Å². The lowest BCUT2D eigenvalue weighted by molar-refractivity contribution is -0.121. The number of hydrogen-bond donors (Lipinski definition) is 1. The molecule has 27 heavy (non-hydrogen) atoms. The van der Waals surface area contributed by atoms with Crippen LogP contribution >= 0.6 is 0 Å². The van der Waals surface area contributed by atoms with E-state index in [9.17, 15) is 14.0 Å². The van der Waals surface area contributed by atoms with Crippen molar-refractivity contribution in [2.75, 3.05) is 13.1 Å². The minimum Gasteiger partial charge on any atom is -0.466 e. The molecule has 0 atom stereocenters. The molecule has 0 bridgehead atoms. The van der Waals surface area contributed by atoms with E-state index in [4.69, 9.17) is 4.42 Å². The smallest absolute Gasteiger partial charge is 0.257 e. The second-order valence-corrected chi connectivity index (χ2v) is 6.63. The number of rotatable bonds is 9. The van der Waals surface area contributed by atoms with Crippen LogP contribution in [0.15, 0.2) is 34.7 Å². The molecule has 0 saturated carbocycles. The van der Waals surface area contributed by atoms with Gasteiger partial charge in [-0.25, -0.2) is 4.39 Å². The number of nitrogens with zero attached hydrogens (tertiary/aromatic N) is 1. The van der Waals surface area contributed by atoms with Gasteiger partial charge in [-0.2, -0.15) is 0 Å². The Bertz CT molecular complexity index is 768. The van der Waals surface area contributed by atoms with Crippen LogP contribution < -0.4 is 5.32 Å². The second-order valence-electron chi connectivity index (χ2n) is 6.63. The molecule has 2 rings (SSSR count). The average molecular weight is 374 g/mol. The number of carbonyl (C=O) groups excluding carboxylic acids is 2. The molecule has 1 N–H and O–H groups in total. The predicted molar refractivity (Wildman–Crippen MR) is 102 cm³/mol. The highest BCUT2D eigenvalue weighted by Crippen LogP contribution is 2.16. The fraction of sp³-hybridized carbons (Fsp3) is 0.429. The van der Waals surface area contributed by atoms with Crippen molar-refractivity contribution in [3.8, 4) is 0 Å². The molecule has 0 fully saturated rings. The van der Waals surface area contributed by atoms with Crippen molar-refractivity contribution in [1.29, 1.82) is 0 Å². The van der Waals surface area contributed by atoms with E-state index in [1.54, 1.807) is 30.0 Å². The molecule has 0 radical (unpaired) electrons. The maximum atomic E-state index is 12.9. The number of furan rings is 1. The fourth-order valence-corrected chi connectivity index (χ4v) is 2.81. The third-order valence-corrected chi connectivity index (χ3v) is 4.35. The topological polar surface area (TPSA) is 62.6 Å². The first-order chi connectivity index (χ1) is 12.9. The molecular weight excluding hydrogens is 347 g/mol. The van der Waals surface area contributed by atoms with Crippen molar-refractivity contribution in [2.45, 2.75) is 46.6 Å². The van der Waals surface area contributed by atoms with Gasteiger partial charge in [0.25, 0.3) is 5.91 Å². The largest absolute Gasteiger partial charge is 0.466 e. The van der Waals surface area contributed by atoms with Gasteiger partial charge < -0.3 is 14.6 Å². The summed E-state index contributed by atoms with van der Waals surface area (Å²) in [5.74, 6) is 0.737. The Morgan fingerprint density at radius 1 is 1.15 bits per heavy atom. The van der Waals surface area contributed by atoms with Gasteiger partial charge in [-0.15, -0.1) is 0 Å². The summed E-state index contributed by atoms with van der Waals surface area (Å²) >= 11 is 0. The Labute approximate surface area is 159 Å². The highest BCUT2D eigenvalue weighted by molar-refractivity contribution is 5.95. The first-order valence-corrected chi connectivity index (χ1v) is 9.28. The SMILES string of the molecule is CCCCN(CCC(=O)NCc1ccc(F)cc1)C(=O)c1cc(C)oc1C. The summed E-state index contributed by atoms with van der Waals surface area (Å²) in [5.41, 5.74) is 1.38. The molecule has 1 aromatic heterocycles. The minimum absolute atomic E-state index is 0.107. The van der Waals surface area contributed by atoms with Crippen molar-refractivity contribution in [2.24, 2.45) is 0 Å². The Kier molecular flexibility index (Phi) is 7.58. The second kappa shape index (κ2) is 9.90. The van der Waals surface area contributed by atoms with Crippen LogP contribution in [0.4, 0.5) is 4.39 Å². The van der Waals surface area contributed by atoms with Crippen molar-refractivity contribution in [1.82, 2.24) is 10.2 Å². The monoisotopic (exact) mass is 374 g/mol. The first-order valence-electron chi connectivity index (χ1n) is 9.28. The normalized spacial score (nSPS) is 10.7. The number of nitrogens with one attached hydrogen (secondary N) is 1. The molecule has 2 aromatic rings. The average Bonchev–Trinajstić information content (AvgIpc) is 2.99. The van der Waals surface area contributed by atoms with Crippen LogP contribution in [0.5, 0.6) is 0 Å². The van der Waals surface area contributed by atoms with E-state index >= 15 is 0 Å². The van der Waals surface area contributed by atoms with Crippen LogP contribution in [0.2, 0.25) is 0 Å². The number of halogens is 1. The van der Waals surface area contributed by atoms with Gasteiger partial charge in [-0.1, -0.05) is 25.5 Å². The zero-order chi connectivity index (χ0) is 19.8. The van der Waals surface area contributed by atoms with Gasteiger partial charge in [-0.05, 0) is 44.0 Å². The number of carbonyl (C=O) groups is 2. The molecule has 0 saturated heterocycles. The fourth-order valence-electron chi connectivity index (χ4n) is 2.81. The zero-order valence-electron chi connectivity index (χ0n) is 16.2. The standard InChI is InChI=1S/C21H27FN2O3/c1-4-5-11-24(21(26)19-13-15(2)27-16(19)3)12-10-20(25)23-14-17-6-8-18(22)9-7-17/h6-9,13H,4-5,10-12,14H2,1-3H3,(H,23,25). The highest BCUT2D eigenvalue weighted by atomic mass is 19.1. The molecule has 146 valence electrons. The van der Waals surface area contributed by atoms with E-state index in [1.807, 2.05) is 6.92 Å². The lowest BCUT2D eigenvalue weighted by atomic mass is 10.2. The number of aryl methyl sites for hydroxylation is 2. The van der Waals surface area contributed by atoms with Crippen LogP contribution in [0, 0.1) is 19.7 Å². The van der Waals surface area contributed by atoms with Crippen molar-refractivity contribution >= 4 is 11.8 Å². The Morgan fingerprint density at radius 3 is 2.44 bits per heavy atom. The van der Waals surface area contributed by atoms with Gasteiger partial charge in [0.15, 0.2) is 0 Å². The summed E-state index contributed by atoms with van der Waals surface area (Å²) in [6, 6.07) is 7.74. The molecule has 0 aliphatic heterocycles. The third kappa shape index (κ3) is 6.24. The summed E-state index contributed by atoms with van der Waals surface area (Å²) in [6.45, 7) is 6.92. The van der Waals surface area contributed by atoms with E-state index in [2.05, 4.69) is 12.2 Å². The maximum absolute atomic E-state index is 12.9. The molecule has 2 amide bonds. The van der Waals surface area contributed by atoms with Crippen molar-refractivity contribution in [3.05, 3.63) is 58.8 Å². The molecule has 6 heteroatoms. The quantitative estimate of drug-likeness (QED) is 0.722. The van der Waals surface area contributed by atoms with Crippen molar-refractivity contribution < 1.29 is 18.4 Å². The molecule has 1 heterocycles. The van der Waals surface area contributed by atoms with E-state index < -0.39 is 0 Å². The van der Waals surface area contributed by atoms with Gasteiger partial charge >= 0.3 is 0 Å². The summed E-state index contributed by atoms with van der Waals surface area (Å²) in [5, 5.41) is 2.81. The molecule has 0 unspecified atom stereocenters. The molecule has 0 aliphatic rings. The number of unbranched alkanes of at least 4 members (excludes halogenated alkanes) is 1. The number of amides is 2. The molecular formula is C21H27FN2O3. The number of benzene rings is 1. The molecule has 0 spiro atoms. The van der Waals surface area contributed by atoms with E-state index in [1.165, 1.54) is 12.1 Å². The van der Waals surface area contributed by atoms with Gasteiger partial charge in [-0.3, -0.25) is 9.59 Å². The van der Waals surface area contributed by atoms with Crippen LogP contribution in [0.3, 0.4) is 0 Å². The van der Waals surface area contributed by atoms with Gasteiger partial charge in [0.05, 0.1) is 5.56 Å². The first kappa shape index (κ1) is 20.7. The zero-order valence-corrected chi connectivity index (χ0v) is 16.2. The van der Waals surface area contributed by atoms with Crippen LogP contribution in [0.1, 0.15) is 53.6 Å². The van der Waals surface area contributed by atoms with Crippen LogP contribution in [-0.4, -0.2) is 29.8 Å². The third-order valence-electron chi connectivity index (χ3n) is 4.35. The van der Waals surface area contributed by atoms with E-state index in [0.29, 0.717) is 36.7 Å². The predicted octanol–water partition coefficient (Wildman–Crippen LogP) is 3.98. The summed E-state index contributed by atoms with van der Waals surface area (Å²) < 4.78 is 18.4. The molecule has 5 nitrogen and oxygen atoms in total. The maximum Gasteiger partial charge on any atom is 0.257 e. The Morgan fingerprint density at radius 2 is 1.85 bits per heavy atom. The minimum atomic E-state index is -0.306. The van der Waals surface area contributed by atoms with Crippen LogP contribution in [0.25, 0.3) is 0 Å². The van der Waals surface area contributed by atoms with E-state index in [-0.39, 0.29) is 24.1 Å². The molecule has 1 aromatic carbocycles. The number of hydrogen-bond acceptors (Lipinski definition) is 3.